The maximum Gasteiger partial charge on any atom is 0.136 e. The van der Waals surface area contributed by atoms with Crippen molar-refractivity contribution in [2.75, 3.05) is 0 Å². The molecule has 0 saturated heterocycles. The second-order valence-corrected chi connectivity index (χ2v) is 14.8. The van der Waals surface area contributed by atoms with Gasteiger partial charge >= 0.3 is 0 Å². The molecule has 1 aliphatic rings. The zero-order valence-electron chi connectivity index (χ0n) is 29.9. The van der Waals surface area contributed by atoms with Crippen LogP contribution in [0.25, 0.3) is 93.6 Å². The first-order chi connectivity index (χ1) is 27.3. The molecular weight excluding hydrogens is 667 g/mol. The molecule has 0 bridgehead atoms. The zero-order chi connectivity index (χ0) is 36.0. The van der Waals surface area contributed by atoms with Crippen LogP contribution < -0.4 is 0 Å². The van der Waals surface area contributed by atoms with Crippen LogP contribution in [0.15, 0.2) is 199 Å². The molecule has 2 heteroatoms. The van der Waals surface area contributed by atoms with Crippen LogP contribution in [0, 0.1) is 0 Å². The van der Waals surface area contributed by atoms with Crippen molar-refractivity contribution in [3.63, 3.8) is 0 Å². The molecule has 0 saturated carbocycles. The Labute approximate surface area is 318 Å². The third-order valence-electron chi connectivity index (χ3n) is 11.9. The molecule has 0 amide bonds. The van der Waals surface area contributed by atoms with Crippen LogP contribution in [0.3, 0.4) is 0 Å². The van der Waals surface area contributed by atoms with E-state index < -0.39 is 0 Å². The van der Waals surface area contributed by atoms with E-state index in [1.54, 1.807) is 0 Å². The van der Waals surface area contributed by atoms with Gasteiger partial charge in [0, 0.05) is 33.2 Å². The van der Waals surface area contributed by atoms with Crippen LogP contribution in [-0.4, -0.2) is 4.57 Å². The maximum absolute atomic E-state index is 6.22. The van der Waals surface area contributed by atoms with Crippen molar-refractivity contribution in [3.8, 4) is 39.1 Å². The Kier molecular flexibility index (Phi) is 6.43. The molecular formula is C53H33NO. The van der Waals surface area contributed by atoms with E-state index in [4.69, 9.17) is 4.42 Å². The Morgan fingerprint density at radius 1 is 0.382 bits per heavy atom. The number of aromatic nitrogens is 1. The van der Waals surface area contributed by atoms with Crippen LogP contribution in [0.5, 0.6) is 0 Å². The van der Waals surface area contributed by atoms with Gasteiger partial charge in [-0.25, -0.2) is 0 Å². The molecule has 1 aliphatic carbocycles. The molecule has 0 fully saturated rings. The minimum Gasteiger partial charge on any atom is -0.456 e. The lowest BCUT2D eigenvalue weighted by Gasteiger charge is -2.17. The molecule has 9 aromatic carbocycles. The predicted molar refractivity (Wildman–Crippen MR) is 229 cm³/mol. The Balaban J connectivity index is 0.977. The van der Waals surface area contributed by atoms with Gasteiger partial charge in [-0.15, -0.1) is 0 Å². The molecule has 1 unspecified atom stereocenters. The first-order valence-corrected chi connectivity index (χ1v) is 19.0. The second-order valence-electron chi connectivity index (χ2n) is 14.8. The van der Waals surface area contributed by atoms with Crippen molar-refractivity contribution in [1.29, 1.82) is 0 Å². The summed E-state index contributed by atoms with van der Waals surface area (Å²) < 4.78 is 8.62. The average molecular weight is 700 g/mol. The summed E-state index contributed by atoms with van der Waals surface area (Å²) in [6.45, 7) is 0. The Bertz CT molecular complexity index is 3330. The molecule has 2 nitrogen and oxygen atoms in total. The summed E-state index contributed by atoms with van der Waals surface area (Å²) in [5.41, 5.74) is 17.0. The number of para-hydroxylation sites is 3. The molecule has 11 aromatic rings. The summed E-state index contributed by atoms with van der Waals surface area (Å²) in [6, 6.07) is 71.1. The van der Waals surface area contributed by atoms with Gasteiger partial charge in [0.2, 0.25) is 0 Å². The molecule has 256 valence electrons. The molecule has 2 aromatic heterocycles. The molecule has 0 radical (unpaired) electrons. The molecule has 0 N–H and O–H groups in total. The van der Waals surface area contributed by atoms with Crippen LogP contribution in [-0.2, 0) is 0 Å². The smallest absolute Gasteiger partial charge is 0.136 e. The van der Waals surface area contributed by atoms with Crippen LogP contribution in [0.4, 0.5) is 0 Å². The van der Waals surface area contributed by atoms with Gasteiger partial charge in [-0.2, -0.15) is 0 Å². The van der Waals surface area contributed by atoms with Crippen molar-refractivity contribution < 1.29 is 4.42 Å². The summed E-state index contributed by atoms with van der Waals surface area (Å²) in [4.78, 5) is 0. The zero-order valence-corrected chi connectivity index (χ0v) is 29.9. The Hall–Kier alpha value is -7.16. The fourth-order valence-corrected chi connectivity index (χ4v) is 9.38. The summed E-state index contributed by atoms with van der Waals surface area (Å²) in [5, 5.41) is 7.33. The van der Waals surface area contributed by atoms with E-state index in [-0.39, 0.29) is 5.92 Å². The highest BCUT2D eigenvalue weighted by Gasteiger charge is 2.30. The van der Waals surface area contributed by atoms with Gasteiger partial charge in [-0.1, -0.05) is 146 Å². The lowest BCUT2D eigenvalue weighted by molar-refractivity contribution is 0.669. The van der Waals surface area contributed by atoms with Gasteiger partial charge in [-0.05, 0) is 109 Å². The highest BCUT2D eigenvalue weighted by molar-refractivity contribution is 6.13. The van der Waals surface area contributed by atoms with Crippen molar-refractivity contribution in [2.24, 2.45) is 0 Å². The molecule has 12 rings (SSSR count). The molecule has 55 heavy (non-hydrogen) atoms. The number of hydrogen-bond donors (Lipinski definition) is 0. The second kappa shape index (κ2) is 11.7. The topological polar surface area (TPSA) is 18.1 Å². The Morgan fingerprint density at radius 2 is 1.05 bits per heavy atom. The van der Waals surface area contributed by atoms with E-state index in [0.717, 1.165) is 16.6 Å². The maximum atomic E-state index is 6.22. The van der Waals surface area contributed by atoms with E-state index in [1.165, 1.54) is 93.7 Å². The standard InChI is InChI=1S/C53H33NO/c1-2-11-39(12-3-1)54-48-18-8-6-14-43(48)44-28-26-36(32-49(44)54)35-25-27-42-41-13-4-5-15-45(41)52(47(42)31-35)38-24-22-33-29-37(23-21-34(33)30-38)40-17-10-20-51-53(40)46-16-7-9-19-50(46)55-51/h1-32,52H. The van der Waals surface area contributed by atoms with Gasteiger partial charge < -0.3 is 8.98 Å². The fourth-order valence-electron chi connectivity index (χ4n) is 9.38. The van der Waals surface area contributed by atoms with Gasteiger partial charge in [0.1, 0.15) is 11.2 Å². The molecule has 2 heterocycles. The van der Waals surface area contributed by atoms with E-state index in [0.29, 0.717) is 0 Å². The predicted octanol–water partition coefficient (Wildman–Crippen LogP) is 14.3. The number of fused-ring (bicyclic) bond motifs is 10. The van der Waals surface area contributed by atoms with Crippen LogP contribution >= 0.6 is 0 Å². The van der Waals surface area contributed by atoms with E-state index in [2.05, 4.69) is 187 Å². The fraction of sp³-hybridized carbons (Fsp3) is 0.0189. The minimum absolute atomic E-state index is 0.140. The van der Waals surface area contributed by atoms with Crippen molar-refractivity contribution in [3.05, 3.63) is 211 Å². The van der Waals surface area contributed by atoms with E-state index >= 15 is 0 Å². The van der Waals surface area contributed by atoms with Crippen LogP contribution in [0.2, 0.25) is 0 Å². The number of hydrogen-bond acceptors (Lipinski definition) is 1. The summed E-state index contributed by atoms with van der Waals surface area (Å²) in [7, 11) is 0. The highest BCUT2D eigenvalue weighted by Crippen LogP contribution is 2.50. The molecule has 0 aliphatic heterocycles. The first kappa shape index (κ1) is 30.3. The first-order valence-electron chi connectivity index (χ1n) is 19.0. The van der Waals surface area contributed by atoms with Gasteiger partial charge in [0.05, 0.1) is 11.0 Å². The number of nitrogens with zero attached hydrogens (tertiary/aromatic N) is 1. The highest BCUT2D eigenvalue weighted by atomic mass is 16.3. The monoisotopic (exact) mass is 699 g/mol. The SMILES string of the molecule is c1ccc(-n2c3ccccc3c3ccc(-c4ccc5c(c4)C(c4ccc6cc(-c7cccc8oc9ccccc9c78)ccc6c4)c4ccccc4-5)cc32)cc1. The third-order valence-corrected chi connectivity index (χ3v) is 11.9. The quantitative estimate of drug-likeness (QED) is 0.179. The lowest BCUT2D eigenvalue weighted by Crippen LogP contribution is -1.99. The molecule has 0 spiro atoms. The van der Waals surface area contributed by atoms with E-state index in [9.17, 15) is 0 Å². The van der Waals surface area contributed by atoms with Crippen molar-refractivity contribution in [1.82, 2.24) is 4.57 Å². The van der Waals surface area contributed by atoms with E-state index in [1.807, 2.05) is 12.1 Å². The lowest BCUT2D eigenvalue weighted by atomic mass is 9.86. The summed E-state index contributed by atoms with van der Waals surface area (Å²) in [5.74, 6) is 0.140. The summed E-state index contributed by atoms with van der Waals surface area (Å²) >= 11 is 0. The number of rotatable bonds is 4. The molecule has 1 atom stereocenters. The Morgan fingerprint density at radius 3 is 2.00 bits per heavy atom. The largest absolute Gasteiger partial charge is 0.456 e. The summed E-state index contributed by atoms with van der Waals surface area (Å²) in [6.07, 6.45) is 0. The minimum atomic E-state index is 0.140. The van der Waals surface area contributed by atoms with Gasteiger partial charge in [0.25, 0.3) is 0 Å². The number of benzene rings is 9. The third kappa shape index (κ3) is 4.55. The number of furan rings is 1. The average Bonchev–Trinajstić information content (AvgIpc) is 3.91. The van der Waals surface area contributed by atoms with Crippen LogP contribution in [0.1, 0.15) is 22.6 Å². The van der Waals surface area contributed by atoms with Crippen molar-refractivity contribution in [2.45, 2.75) is 5.92 Å². The normalized spacial score (nSPS) is 13.6. The van der Waals surface area contributed by atoms with Crippen molar-refractivity contribution >= 4 is 54.5 Å². The van der Waals surface area contributed by atoms with Gasteiger partial charge in [0.15, 0.2) is 0 Å². The van der Waals surface area contributed by atoms with Gasteiger partial charge in [-0.3, -0.25) is 0 Å².